The molecule has 7 heteroatoms. The van der Waals surface area contributed by atoms with Gasteiger partial charge in [-0.15, -0.1) is 0 Å². The van der Waals surface area contributed by atoms with Crippen molar-refractivity contribution in [2.45, 2.75) is 33.0 Å². The Labute approximate surface area is 139 Å². The van der Waals surface area contributed by atoms with E-state index in [1.807, 2.05) is 13.8 Å². The second-order valence-corrected chi connectivity index (χ2v) is 5.90. The second kappa shape index (κ2) is 7.70. The third kappa shape index (κ3) is 4.50. The van der Waals surface area contributed by atoms with Crippen LogP contribution in [0.15, 0.2) is 30.6 Å². The molecule has 2 aromatic rings. The number of rotatable bonds is 7. The van der Waals surface area contributed by atoms with Crippen LogP contribution >= 0.6 is 0 Å². The van der Waals surface area contributed by atoms with E-state index in [0.29, 0.717) is 23.9 Å². The first kappa shape index (κ1) is 18.3. The largest absolute Gasteiger partial charge is 0.493 e. The fourth-order valence-corrected chi connectivity index (χ4v) is 2.39. The number of aromatic amines is 1. The first-order valence-electron chi connectivity index (χ1n) is 7.89. The van der Waals surface area contributed by atoms with E-state index in [0.717, 1.165) is 6.07 Å². The summed E-state index contributed by atoms with van der Waals surface area (Å²) in [6.07, 6.45) is -1.25. The van der Waals surface area contributed by atoms with Crippen molar-refractivity contribution in [2.75, 3.05) is 13.2 Å². The summed E-state index contributed by atoms with van der Waals surface area (Å²) in [4.78, 5) is 7.16. The number of alkyl halides is 3. The molecule has 0 aliphatic carbocycles. The Bertz CT molecular complexity index is 639. The van der Waals surface area contributed by atoms with Crippen LogP contribution in [0.5, 0.6) is 5.75 Å². The molecule has 4 nitrogen and oxygen atoms in total. The predicted octanol–water partition coefficient (Wildman–Crippen LogP) is 4.16. The van der Waals surface area contributed by atoms with Gasteiger partial charge in [-0.3, -0.25) is 0 Å². The number of hydrogen-bond donors (Lipinski definition) is 2. The molecule has 0 amide bonds. The van der Waals surface area contributed by atoms with Gasteiger partial charge in [-0.1, -0.05) is 19.9 Å². The van der Waals surface area contributed by atoms with E-state index in [1.165, 1.54) is 6.07 Å². The van der Waals surface area contributed by atoms with E-state index in [-0.39, 0.29) is 12.4 Å². The maximum Gasteiger partial charge on any atom is 0.419 e. The topological polar surface area (TPSA) is 49.9 Å². The minimum absolute atomic E-state index is 0.157. The van der Waals surface area contributed by atoms with Crippen molar-refractivity contribution in [3.05, 3.63) is 47.5 Å². The van der Waals surface area contributed by atoms with Crippen LogP contribution in [-0.2, 0) is 6.18 Å². The van der Waals surface area contributed by atoms with Crippen LogP contribution in [-0.4, -0.2) is 23.1 Å². The van der Waals surface area contributed by atoms with Gasteiger partial charge in [0.05, 0.1) is 18.2 Å². The lowest BCUT2D eigenvalue weighted by Crippen LogP contribution is -2.27. The Kier molecular flexibility index (Phi) is 5.88. The van der Waals surface area contributed by atoms with Crippen LogP contribution in [0.25, 0.3) is 0 Å². The summed E-state index contributed by atoms with van der Waals surface area (Å²) in [5.74, 6) is 0.774. The minimum Gasteiger partial charge on any atom is -0.493 e. The molecule has 0 fully saturated rings. The number of H-pyrrole nitrogens is 1. The fraction of sp³-hybridized carbons (Fsp3) is 0.471. The number of nitrogens with zero attached hydrogens (tertiary/aromatic N) is 1. The Hall–Kier alpha value is -2.02. The molecule has 1 atom stereocenters. The van der Waals surface area contributed by atoms with Crippen molar-refractivity contribution in [1.82, 2.24) is 15.3 Å². The summed E-state index contributed by atoms with van der Waals surface area (Å²) in [6, 6.07) is 3.69. The Morgan fingerprint density at radius 3 is 2.58 bits per heavy atom. The van der Waals surface area contributed by atoms with Gasteiger partial charge < -0.3 is 15.0 Å². The molecule has 0 spiro atoms. The van der Waals surface area contributed by atoms with Gasteiger partial charge in [-0.2, -0.15) is 13.2 Å². The highest BCUT2D eigenvalue weighted by atomic mass is 19.4. The number of benzene rings is 1. The Morgan fingerprint density at radius 1 is 1.29 bits per heavy atom. The SMILES string of the molecule is CCOc1ccc(C(NCC(C)C)c2ncc[nH]2)cc1C(F)(F)F. The van der Waals surface area contributed by atoms with Gasteiger partial charge >= 0.3 is 6.18 Å². The number of ether oxygens (including phenoxy) is 1. The number of halogens is 3. The summed E-state index contributed by atoms with van der Waals surface area (Å²) < 4.78 is 45.2. The summed E-state index contributed by atoms with van der Waals surface area (Å²) >= 11 is 0. The lowest BCUT2D eigenvalue weighted by molar-refractivity contribution is -0.139. The first-order chi connectivity index (χ1) is 11.3. The molecule has 1 unspecified atom stereocenters. The molecular formula is C17H22F3N3O. The quantitative estimate of drug-likeness (QED) is 0.795. The number of hydrogen-bond acceptors (Lipinski definition) is 3. The maximum absolute atomic E-state index is 13.3. The van der Waals surface area contributed by atoms with Crippen molar-refractivity contribution in [3.63, 3.8) is 0 Å². The van der Waals surface area contributed by atoms with Gasteiger partial charge in [0.2, 0.25) is 0 Å². The van der Waals surface area contributed by atoms with Gasteiger partial charge in [-0.25, -0.2) is 4.98 Å². The number of aromatic nitrogens is 2. The third-order valence-corrected chi connectivity index (χ3v) is 3.47. The lowest BCUT2D eigenvalue weighted by Gasteiger charge is -2.21. The maximum atomic E-state index is 13.3. The van der Waals surface area contributed by atoms with Gasteiger partial charge in [0.25, 0.3) is 0 Å². The summed E-state index contributed by atoms with van der Waals surface area (Å²) in [7, 11) is 0. The zero-order valence-electron chi connectivity index (χ0n) is 13.9. The van der Waals surface area contributed by atoms with Crippen LogP contribution in [0.2, 0.25) is 0 Å². The van der Waals surface area contributed by atoms with Gasteiger partial charge in [0.1, 0.15) is 11.6 Å². The molecule has 0 aliphatic rings. The molecule has 0 saturated heterocycles. The highest BCUT2D eigenvalue weighted by molar-refractivity contribution is 5.41. The van der Waals surface area contributed by atoms with E-state index in [4.69, 9.17) is 4.74 Å². The molecule has 1 aromatic heterocycles. The highest BCUT2D eigenvalue weighted by Gasteiger charge is 2.35. The molecular weight excluding hydrogens is 319 g/mol. The van der Waals surface area contributed by atoms with Crippen LogP contribution in [0.1, 0.15) is 43.8 Å². The average Bonchev–Trinajstić information content (AvgIpc) is 3.01. The zero-order chi connectivity index (χ0) is 17.7. The van der Waals surface area contributed by atoms with Crippen LogP contribution < -0.4 is 10.1 Å². The zero-order valence-corrected chi connectivity index (χ0v) is 13.9. The third-order valence-electron chi connectivity index (χ3n) is 3.47. The Morgan fingerprint density at radius 2 is 2.04 bits per heavy atom. The van der Waals surface area contributed by atoms with Crippen molar-refractivity contribution in [2.24, 2.45) is 5.92 Å². The highest BCUT2D eigenvalue weighted by Crippen LogP contribution is 2.38. The molecule has 0 saturated carbocycles. The smallest absolute Gasteiger partial charge is 0.419 e. The van der Waals surface area contributed by atoms with Crippen molar-refractivity contribution in [1.29, 1.82) is 0 Å². The van der Waals surface area contributed by atoms with Crippen molar-refractivity contribution >= 4 is 0 Å². The molecule has 2 rings (SSSR count). The van der Waals surface area contributed by atoms with Crippen LogP contribution in [0, 0.1) is 5.92 Å². The average molecular weight is 341 g/mol. The summed E-state index contributed by atoms with van der Waals surface area (Å²) in [6.45, 7) is 6.55. The molecule has 0 radical (unpaired) electrons. The second-order valence-electron chi connectivity index (χ2n) is 5.90. The molecule has 1 aromatic carbocycles. The molecule has 0 aliphatic heterocycles. The minimum atomic E-state index is -4.48. The van der Waals surface area contributed by atoms with Gasteiger partial charge in [-0.05, 0) is 37.1 Å². The van der Waals surface area contributed by atoms with Crippen molar-refractivity contribution < 1.29 is 17.9 Å². The van der Waals surface area contributed by atoms with Gasteiger partial charge in [0, 0.05) is 12.4 Å². The molecule has 0 bridgehead atoms. The molecule has 2 N–H and O–H groups in total. The van der Waals surface area contributed by atoms with E-state index < -0.39 is 17.8 Å². The monoisotopic (exact) mass is 341 g/mol. The van der Waals surface area contributed by atoms with Gasteiger partial charge in [0.15, 0.2) is 0 Å². The normalized spacial score (nSPS) is 13.3. The number of nitrogens with one attached hydrogen (secondary N) is 2. The first-order valence-corrected chi connectivity index (χ1v) is 7.89. The predicted molar refractivity (Wildman–Crippen MR) is 85.9 cm³/mol. The number of imidazole rings is 1. The van der Waals surface area contributed by atoms with Crippen LogP contribution in [0.4, 0.5) is 13.2 Å². The molecule has 132 valence electrons. The lowest BCUT2D eigenvalue weighted by atomic mass is 10.0. The fourth-order valence-electron chi connectivity index (χ4n) is 2.39. The van der Waals surface area contributed by atoms with Crippen LogP contribution in [0.3, 0.4) is 0 Å². The van der Waals surface area contributed by atoms with E-state index in [2.05, 4.69) is 15.3 Å². The standard InChI is InChI=1S/C17H22F3N3O/c1-4-24-14-6-5-12(9-13(14)17(18,19)20)15(23-10-11(2)3)16-21-7-8-22-16/h5-9,11,15,23H,4,10H2,1-3H3,(H,21,22). The Balaban J connectivity index is 2.42. The van der Waals surface area contributed by atoms with E-state index in [1.54, 1.807) is 25.4 Å². The molecule has 1 heterocycles. The summed E-state index contributed by atoms with van der Waals surface area (Å²) in [5, 5.41) is 3.27. The van der Waals surface area contributed by atoms with E-state index >= 15 is 0 Å². The van der Waals surface area contributed by atoms with E-state index in [9.17, 15) is 13.2 Å². The molecule has 24 heavy (non-hydrogen) atoms. The summed E-state index contributed by atoms with van der Waals surface area (Å²) in [5.41, 5.74) is -0.286. The van der Waals surface area contributed by atoms with Crippen molar-refractivity contribution in [3.8, 4) is 5.75 Å².